The van der Waals surface area contributed by atoms with Gasteiger partial charge in [0.05, 0.1) is 17.7 Å². The second-order valence-corrected chi connectivity index (χ2v) is 10.9. The molecule has 3 aromatic rings. The highest BCUT2D eigenvalue weighted by atomic mass is 19.4. The van der Waals surface area contributed by atoms with Gasteiger partial charge in [0.15, 0.2) is 0 Å². The molecule has 41 heavy (non-hydrogen) atoms. The predicted octanol–water partition coefficient (Wildman–Crippen LogP) is 4.52. The van der Waals surface area contributed by atoms with Gasteiger partial charge in [-0.25, -0.2) is 0 Å². The first kappa shape index (κ1) is 28.8. The van der Waals surface area contributed by atoms with Crippen molar-refractivity contribution in [2.24, 2.45) is 0 Å². The molecule has 2 heterocycles. The fourth-order valence-corrected chi connectivity index (χ4v) is 5.86. The Balaban J connectivity index is 1.07. The van der Waals surface area contributed by atoms with E-state index in [0.29, 0.717) is 25.4 Å². The molecule has 0 radical (unpaired) electrons. The Hall–Kier alpha value is -3.76. The Morgan fingerprint density at radius 1 is 1.00 bits per heavy atom. The largest absolute Gasteiger partial charge is 0.416 e. The summed E-state index contributed by atoms with van der Waals surface area (Å²) in [6, 6.07) is 16.3. The Kier molecular flexibility index (Phi) is 8.42. The number of rotatable bonds is 7. The van der Waals surface area contributed by atoms with Crippen molar-refractivity contribution in [2.45, 2.75) is 56.0 Å². The number of carbonyl (C=O) groups is 2. The molecule has 1 aliphatic carbocycles. The second kappa shape index (κ2) is 12.0. The summed E-state index contributed by atoms with van der Waals surface area (Å²) in [6.45, 7) is 1.18. The van der Waals surface area contributed by atoms with E-state index in [1.54, 1.807) is 6.20 Å². The molecule has 0 unspecified atom stereocenters. The van der Waals surface area contributed by atoms with Crippen LogP contribution in [-0.4, -0.2) is 58.5 Å². The van der Waals surface area contributed by atoms with Crippen LogP contribution in [0.25, 0.3) is 11.1 Å². The normalized spacial score (nSPS) is 23.2. The van der Waals surface area contributed by atoms with Crippen molar-refractivity contribution in [2.75, 3.05) is 19.6 Å². The van der Waals surface area contributed by atoms with Crippen LogP contribution in [0.5, 0.6) is 0 Å². The van der Waals surface area contributed by atoms with Crippen molar-refractivity contribution >= 4 is 11.8 Å². The minimum absolute atomic E-state index is 0.0752. The van der Waals surface area contributed by atoms with Crippen LogP contribution in [0.2, 0.25) is 0 Å². The molecule has 2 aliphatic rings. The van der Waals surface area contributed by atoms with Gasteiger partial charge >= 0.3 is 6.18 Å². The lowest BCUT2D eigenvalue weighted by molar-refractivity contribution is -0.137. The van der Waals surface area contributed by atoms with E-state index in [-0.39, 0.29) is 24.1 Å². The first-order valence-electron chi connectivity index (χ1n) is 13.8. The maximum absolute atomic E-state index is 12.9. The Labute approximate surface area is 236 Å². The van der Waals surface area contributed by atoms with Crippen LogP contribution >= 0.6 is 0 Å². The van der Waals surface area contributed by atoms with Gasteiger partial charge in [-0.1, -0.05) is 36.4 Å². The van der Waals surface area contributed by atoms with Gasteiger partial charge in [-0.2, -0.15) is 13.2 Å². The van der Waals surface area contributed by atoms with Gasteiger partial charge in [0.1, 0.15) is 0 Å². The van der Waals surface area contributed by atoms with Crippen molar-refractivity contribution < 1.29 is 27.9 Å². The molecule has 0 bridgehead atoms. The minimum Gasteiger partial charge on any atom is -0.385 e. The average molecular weight is 567 g/mol. The van der Waals surface area contributed by atoms with Crippen LogP contribution in [0.1, 0.15) is 53.6 Å². The highest BCUT2D eigenvalue weighted by Gasteiger charge is 2.38. The van der Waals surface area contributed by atoms with Crippen molar-refractivity contribution in [1.29, 1.82) is 0 Å². The van der Waals surface area contributed by atoms with Crippen LogP contribution in [-0.2, 0) is 16.6 Å². The Morgan fingerprint density at radius 2 is 1.76 bits per heavy atom. The number of benzene rings is 2. The standard InChI is InChI=1S/C31H33F3N4O3/c32-31(33,34)25-5-1-3-22(17-25)29(40)36-19-28(39)37-26-12-16-38(20-26)27-10-13-30(41,14-11-27)24-8-6-21(7-9-24)23-4-2-15-35-18-23/h1-9,15,17-18,26-27,41H,10-14,16,19-20H2,(H,36,40)(H,37,39)/t26-,27?,30?/m1/s1. The van der Waals surface area contributed by atoms with Crippen molar-refractivity contribution in [3.05, 3.63) is 89.7 Å². The number of halogens is 3. The third-order valence-electron chi connectivity index (χ3n) is 8.16. The lowest BCUT2D eigenvalue weighted by atomic mass is 9.77. The summed E-state index contributed by atoms with van der Waals surface area (Å²) in [6.07, 6.45) is 2.76. The fraction of sp³-hybridized carbons (Fsp3) is 0.387. The van der Waals surface area contributed by atoms with Gasteiger partial charge in [-0.05, 0) is 73.1 Å². The molecule has 1 saturated heterocycles. The van der Waals surface area contributed by atoms with Gasteiger partial charge in [-0.3, -0.25) is 19.5 Å². The first-order valence-corrected chi connectivity index (χ1v) is 13.8. The van der Waals surface area contributed by atoms with E-state index in [1.807, 2.05) is 42.6 Å². The van der Waals surface area contributed by atoms with Crippen molar-refractivity contribution in [3.63, 3.8) is 0 Å². The zero-order chi connectivity index (χ0) is 29.0. The van der Waals surface area contributed by atoms with E-state index >= 15 is 0 Å². The zero-order valence-electron chi connectivity index (χ0n) is 22.5. The molecule has 2 aromatic carbocycles. The maximum Gasteiger partial charge on any atom is 0.416 e. The van der Waals surface area contributed by atoms with Crippen LogP contribution in [0.4, 0.5) is 13.2 Å². The molecule has 1 aliphatic heterocycles. The smallest absolute Gasteiger partial charge is 0.385 e. The lowest BCUT2D eigenvalue weighted by Crippen LogP contribution is -2.45. The van der Waals surface area contributed by atoms with Crippen LogP contribution in [0.3, 0.4) is 0 Å². The summed E-state index contributed by atoms with van der Waals surface area (Å²) in [5.74, 6) is -1.12. The fourth-order valence-electron chi connectivity index (χ4n) is 5.86. The van der Waals surface area contributed by atoms with E-state index in [4.69, 9.17) is 0 Å². The molecule has 10 heteroatoms. The molecule has 2 amide bonds. The Morgan fingerprint density at radius 3 is 2.44 bits per heavy atom. The first-order chi connectivity index (χ1) is 19.6. The molecule has 7 nitrogen and oxygen atoms in total. The van der Waals surface area contributed by atoms with Gasteiger partial charge < -0.3 is 15.7 Å². The van der Waals surface area contributed by atoms with Gasteiger partial charge in [-0.15, -0.1) is 0 Å². The van der Waals surface area contributed by atoms with Crippen LogP contribution in [0, 0.1) is 0 Å². The van der Waals surface area contributed by atoms with E-state index < -0.39 is 23.2 Å². The topological polar surface area (TPSA) is 94.6 Å². The number of nitrogens with zero attached hydrogens (tertiary/aromatic N) is 2. The number of carbonyl (C=O) groups excluding carboxylic acids is 2. The molecule has 216 valence electrons. The summed E-state index contributed by atoms with van der Waals surface area (Å²) >= 11 is 0. The summed E-state index contributed by atoms with van der Waals surface area (Å²) in [7, 11) is 0. The van der Waals surface area contributed by atoms with E-state index in [0.717, 1.165) is 60.7 Å². The molecule has 1 atom stereocenters. The summed E-state index contributed by atoms with van der Waals surface area (Å²) in [5, 5.41) is 16.7. The number of hydrogen-bond donors (Lipinski definition) is 3. The number of amides is 2. The molecule has 5 rings (SSSR count). The van der Waals surface area contributed by atoms with Gasteiger partial charge in [0.2, 0.25) is 5.91 Å². The van der Waals surface area contributed by atoms with Gasteiger partial charge in [0, 0.05) is 43.1 Å². The molecular formula is C31H33F3N4O3. The second-order valence-electron chi connectivity index (χ2n) is 10.9. The average Bonchev–Trinajstić information content (AvgIpc) is 3.44. The highest BCUT2D eigenvalue weighted by molar-refractivity contribution is 5.96. The molecule has 2 fully saturated rings. The summed E-state index contributed by atoms with van der Waals surface area (Å²) in [5.41, 5.74) is 1.07. The molecule has 3 N–H and O–H groups in total. The number of likely N-dealkylation sites (tertiary alicyclic amines) is 1. The molecule has 1 aromatic heterocycles. The predicted molar refractivity (Wildman–Crippen MR) is 148 cm³/mol. The minimum atomic E-state index is -4.55. The quantitative estimate of drug-likeness (QED) is 0.391. The third-order valence-corrected chi connectivity index (χ3v) is 8.16. The zero-order valence-corrected chi connectivity index (χ0v) is 22.5. The Bertz CT molecular complexity index is 1360. The summed E-state index contributed by atoms with van der Waals surface area (Å²) in [4.78, 5) is 31.2. The highest BCUT2D eigenvalue weighted by Crippen LogP contribution is 2.40. The maximum atomic E-state index is 12.9. The van der Waals surface area contributed by atoms with Crippen molar-refractivity contribution in [1.82, 2.24) is 20.5 Å². The number of nitrogens with one attached hydrogen (secondary N) is 2. The van der Waals surface area contributed by atoms with E-state index in [1.165, 1.54) is 6.07 Å². The van der Waals surface area contributed by atoms with E-state index in [9.17, 15) is 27.9 Å². The van der Waals surface area contributed by atoms with Crippen LogP contribution in [0.15, 0.2) is 73.1 Å². The SMILES string of the molecule is O=C(CNC(=O)c1cccc(C(F)(F)F)c1)N[C@@H]1CCN(C2CCC(O)(c3ccc(-c4cccnc4)cc3)CC2)C1. The third kappa shape index (κ3) is 6.94. The number of aromatic nitrogens is 1. The monoisotopic (exact) mass is 566 g/mol. The van der Waals surface area contributed by atoms with E-state index in [2.05, 4.69) is 20.5 Å². The lowest BCUT2D eigenvalue weighted by Gasteiger charge is -2.40. The number of pyridine rings is 1. The van der Waals surface area contributed by atoms with Crippen molar-refractivity contribution in [3.8, 4) is 11.1 Å². The molecule has 0 spiro atoms. The number of alkyl halides is 3. The number of hydrogen-bond acceptors (Lipinski definition) is 5. The number of aliphatic hydroxyl groups is 1. The summed E-state index contributed by atoms with van der Waals surface area (Å²) < 4.78 is 38.7. The molecular weight excluding hydrogens is 533 g/mol. The van der Waals surface area contributed by atoms with Crippen LogP contribution < -0.4 is 10.6 Å². The van der Waals surface area contributed by atoms with Gasteiger partial charge in [0.25, 0.3) is 5.91 Å². The molecule has 1 saturated carbocycles.